The number of benzene rings is 1. The molecule has 43 heavy (non-hydrogen) atoms. The zero-order chi connectivity index (χ0) is 32.5. The Morgan fingerprint density at radius 3 is 2.35 bits per heavy atom. The highest BCUT2D eigenvalue weighted by Gasteiger charge is 2.41. The first-order chi connectivity index (χ1) is 19.7. The number of halogens is 7. The second kappa shape index (κ2) is 12.8. The fourth-order valence-corrected chi connectivity index (χ4v) is 4.80. The summed E-state index contributed by atoms with van der Waals surface area (Å²) in [4.78, 5) is 30.4. The first-order valence-corrected chi connectivity index (χ1v) is 13.7. The number of pyridine rings is 1. The maximum Gasteiger partial charge on any atom is 0.436 e. The first-order valence-electron chi connectivity index (χ1n) is 13.0. The molecule has 9 nitrogen and oxygen atoms in total. The van der Waals surface area contributed by atoms with Gasteiger partial charge in [-0.3, -0.25) is 15.0 Å². The van der Waals surface area contributed by atoms with E-state index in [1.165, 1.54) is 32.0 Å². The van der Waals surface area contributed by atoms with Gasteiger partial charge in [0.15, 0.2) is 17.2 Å². The van der Waals surface area contributed by atoms with Crippen molar-refractivity contribution in [3.05, 3.63) is 46.5 Å². The molecule has 2 amide bonds. The number of nitrogens with zero attached hydrogens (tertiary/aromatic N) is 2. The topological polar surface area (TPSA) is 130 Å². The van der Waals surface area contributed by atoms with Gasteiger partial charge in [-0.05, 0) is 52.3 Å². The van der Waals surface area contributed by atoms with Crippen molar-refractivity contribution in [1.82, 2.24) is 20.5 Å². The summed E-state index contributed by atoms with van der Waals surface area (Å²) in [5, 5.41) is 25.0. The lowest BCUT2D eigenvalue weighted by molar-refractivity contribution is -0.144. The number of anilines is 1. The van der Waals surface area contributed by atoms with Gasteiger partial charge >= 0.3 is 6.18 Å². The molecule has 2 heterocycles. The second-order valence-electron chi connectivity index (χ2n) is 11.3. The molecule has 1 aliphatic rings. The van der Waals surface area contributed by atoms with Crippen LogP contribution in [0.3, 0.4) is 0 Å². The van der Waals surface area contributed by atoms with E-state index >= 15 is 4.39 Å². The van der Waals surface area contributed by atoms with E-state index < -0.39 is 63.7 Å². The number of alkyl halides is 4. The van der Waals surface area contributed by atoms with Crippen molar-refractivity contribution in [3.63, 3.8) is 0 Å². The minimum atomic E-state index is -5.13. The number of piperidine rings is 1. The van der Waals surface area contributed by atoms with Gasteiger partial charge in [0.25, 0.3) is 11.8 Å². The van der Waals surface area contributed by atoms with Gasteiger partial charge in [0, 0.05) is 48.3 Å². The molecule has 1 saturated heterocycles. The van der Waals surface area contributed by atoms with Crippen LogP contribution in [0.5, 0.6) is 0 Å². The van der Waals surface area contributed by atoms with Crippen LogP contribution < -0.4 is 16.0 Å². The Morgan fingerprint density at radius 1 is 1.16 bits per heavy atom. The van der Waals surface area contributed by atoms with Crippen molar-refractivity contribution >= 4 is 56.8 Å². The summed E-state index contributed by atoms with van der Waals surface area (Å²) in [5.74, 6) is -3.52. The third-order valence-corrected chi connectivity index (χ3v) is 6.79. The Morgan fingerprint density at radius 2 is 1.79 bits per heavy atom. The molecule has 236 valence electrons. The van der Waals surface area contributed by atoms with Gasteiger partial charge in [-0.25, -0.2) is 13.8 Å². The number of carbonyl (C=O) groups is 2. The monoisotopic (exact) mass is 652 g/mol. The predicted octanol–water partition coefficient (Wildman–Crippen LogP) is 4.75. The summed E-state index contributed by atoms with van der Waals surface area (Å²) in [6, 6.07) is 1.81. The van der Waals surface area contributed by atoms with E-state index in [0.717, 1.165) is 24.9 Å². The van der Waals surface area contributed by atoms with Gasteiger partial charge in [-0.1, -0.05) is 23.2 Å². The number of hydrogen-bond donors (Lipinski definition) is 5. The normalized spacial score (nSPS) is 18.4. The molecule has 2 atom stereocenters. The lowest BCUT2D eigenvalue weighted by atomic mass is 9.97. The van der Waals surface area contributed by atoms with Crippen molar-refractivity contribution in [2.45, 2.75) is 63.6 Å². The van der Waals surface area contributed by atoms with E-state index in [1.54, 1.807) is 0 Å². The third-order valence-electron chi connectivity index (χ3n) is 6.35. The van der Waals surface area contributed by atoms with Crippen LogP contribution in [-0.4, -0.2) is 75.0 Å². The Bertz CT molecular complexity index is 1440. The van der Waals surface area contributed by atoms with E-state index in [2.05, 4.69) is 20.9 Å². The van der Waals surface area contributed by atoms with Crippen LogP contribution in [-0.2, 0) is 15.8 Å². The van der Waals surface area contributed by atoms with Crippen molar-refractivity contribution in [2.75, 3.05) is 25.0 Å². The van der Waals surface area contributed by atoms with Crippen LogP contribution >= 0.6 is 23.2 Å². The Balaban J connectivity index is 1.98. The number of rotatable bonds is 9. The molecule has 0 spiro atoms. The third kappa shape index (κ3) is 8.89. The maximum absolute atomic E-state index is 15.4. The molecule has 1 fully saturated rings. The van der Waals surface area contributed by atoms with Gasteiger partial charge in [0.1, 0.15) is 5.17 Å². The summed E-state index contributed by atoms with van der Waals surface area (Å²) < 4.78 is 71.0. The standard InChI is InChI=1S/C27H31Cl2F5N6O3/c1-25(2,43)12-36-9-17(22(29)35)23(41)38-15-8-14(10-40(11-15)24(42)26(3,4)31)37-20-16-7-13(28)5-6-18(16)39-21(19(20)30)27(32,33)34/h5-7,9,14-15,35-36,43H,8,10-12H2,1-4H3,(H,37,39)(H,38,41)/b17-9+,35-22?/t14-,15+/m1/s1. The minimum Gasteiger partial charge on any atom is -0.389 e. The fourth-order valence-electron chi connectivity index (χ4n) is 4.49. The van der Waals surface area contributed by atoms with Crippen LogP contribution in [0.1, 0.15) is 39.8 Å². The molecule has 5 N–H and O–H groups in total. The molecule has 0 unspecified atom stereocenters. The van der Waals surface area contributed by atoms with E-state index in [0.29, 0.717) is 0 Å². The first kappa shape index (κ1) is 34.3. The summed E-state index contributed by atoms with van der Waals surface area (Å²) in [7, 11) is 0. The summed E-state index contributed by atoms with van der Waals surface area (Å²) in [5.41, 5.74) is -6.36. The molecule has 3 rings (SSSR count). The zero-order valence-electron chi connectivity index (χ0n) is 23.6. The fraction of sp³-hybridized carbons (Fsp3) is 0.481. The number of nitrogens with one attached hydrogen (secondary N) is 4. The highest BCUT2D eigenvalue weighted by Crippen LogP contribution is 2.38. The van der Waals surface area contributed by atoms with E-state index in [9.17, 15) is 32.3 Å². The predicted molar refractivity (Wildman–Crippen MR) is 153 cm³/mol. The molecule has 0 saturated carbocycles. The van der Waals surface area contributed by atoms with Crippen LogP contribution in [0.25, 0.3) is 10.9 Å². The molecule has 0 radical (unpaired) electrons. The number of aromatic nitrogens is 1. The van der Waals surface area contributed by atoms with Gasteiger partial charge in [0.05, 0.1) is 22.4 Å². The van der Waals surface area contributed by atoms with E-state index in [-0.39, 0.29) is 47.6 Å². The number of amides is 2. The summed E-state index contributed by atoms with van der Waals surface area (Å²) in [6.45, 7) is 4.63. The average molecular weight is 653 g/mol. The highest BCUT2D eigenvalue weighted by atomic mass is 35.5. The Hall–Kier alpha value is -3.23. The zero-order valence-corrected chi connectivity index (χ0v) is 25.1. The number of hydrogen-bond acceptors (Lipinski definition) is 7. The van der Waals surface area contributed by atoms with E-state index in [1.807, 2.05) is 0 Å². The molecule has 0 bridgehead atoms. The molecular weight excluding hydrogens is 622 g/mol. The molecular formula is C27H31Cl2F5N6O3. The van der Waals surface area contributed by atoms with Crippen LogP contribution in [0.2, 0.25) is 5.02 Å². The van der Waals surface area contributed by atoms with Crippen LogP contribution in [0, 0.1) is 11.2 Å². The summed E-state index contributed by atoms with van der Waals surface area (Å²) >= 11 is 11.8. The number of fused-ring (bicyclic) bond motifs is 1. The molecule has 1 aliphatic heterocycles. The Labute approximate surface area is 254 Å². The number of aliphatic hydroxyl groups is 1. The molecule has 16 heteroatoms. The van der Waals surface area contributed by atoms with Crippen molar-refractivity contribution in [1.29, 1.82) is 5.41 Å². The lowest BCUT2D eigenvalue weighted by Gasteiger charge is -2.40. The molecule has 0 aliphatic carbocycles. The summed E-state index contributed by atoms with van der Waals surface area (Å²) in [6.07, 6.45) is -4.06. The minimum absolute atomic E-state index is 0.00656. The average Bonchev–Trinajstić information content (AvgIpc) is 2.85. The van der Waals surface area contributed by atoms with E-state index in [4.69, 9.17) is 28.6 Å². The molecule has 1 aromatic heterocycles. The Kier molecular flexibility index (Phi) is 10.2. The lowest BCUT2D eigenvalue weighted by Crippen LogP contribution is -2.58. The largest absolute Gasteiger partial charge is 0.436 e. The van der Waals surface area contributed by atoms with Crippen LogP contribution in [0.15, 0.2) is 30.0 Å². The van der Waals surface area contributed by atoms with Gasteiger partial charge < -0.3 is 26.0 Å². The van der Waals surface area contributed by atoms with Crippen molar-refractivity contribution in [3.8, 4) is 0 Å². The van der Waals surface area contributed by atoms with Crippen molar-refractivity contribution in [2.24, 2.45) is 0 Å². The number of carbonyl (C=O) groups excluding carboxylic acids is 2. The molecule has 1 aromatic carbocycles. The number of likely N-dealkylation sites (tertiary alicyclic amines) is 1. The van der Waals surface area contributed by atoms with Gasteiger partial charge in [0.2, 0.25) is 0 Å². The van der Waals surface area contributed by atoms with Gasteiger partial charge in [-0.15, -0.1) is 0 Å². The van der Waals surface area contributed by atoms with Crippen molar-refractivity contribution < 1.29 is 36.6 Å². The quantitative estimate of drug-likeness (QED) is 0.151. The maximum atomic E-state index is 15.4. The van der Waals surface area contributed by atoms with Crippen LogP contribution in [0.4, 0.5) is 27.6 Å². The molecule has 2 aromatic rings. The second-order valence-corrected chi connectivity index (χ2v) is 12.1. The SMILES string of the molecule is CC(C)(O)CN/C=C(\C(=N)Cl)C(=O)N[C@H]1C[C@@H](Nc2c(F)c(C(F)(F)F)nc3ccc(Cl)cc23)CN(C(=O)C(C)(C)F)C1. The highest BCUT2D eigenvalue weighted by molar-refractivity contribution is 6.71. The van der Waals surface area contributed by atoms with Gasteiger partial charge in [-0.2, -0.15) is 13.2 Å². The smallest absolute Gasteiger partial charge is 0.389 e.